The van der Waals surface area contributed by atoms with Gasteiger partial charge < -0.3 is 19.4 Å². The molecule has 2 aromatic heterocycles. The maximum absolute atomic E-state index is 13.1. The molecule has 2 N–H and O–H groups in total. The van der Waals surface area contributed by atoms with Crippen molar-refractivity contribution >= 4 is 11.4 Å². The zero-order valence-corrected chi connectivity index (χ0v) is 22.0. The van der Waals surface area contributed by atoms with E-state index in [1.807, 2.05) is 67.0 Å². The van der Waals surface area contributed by atoms with E-state index in [1.165, 1.54) is 0 Å². The predicted octanol–water partition coefficient (Wildman–Crippen LogP) is 5.53. The number of imidazole rings is 1. The van der Waals surface area contributed by atoms with Gasteiger partial charge in [-0.1, -0.05) is 30.3 Å². The van der Waals surface area contributed by atoms with Crippen LogP contribution in [0, 0.1) is 17.2 Å². The van der Waals surface area contributed by atoms with Crippen molar-refractivity contribution < 1.29 is 19.7 Å². The number of fused-ring (bicyclic) bond motifs is 1. The van der Waals surface area contributed by atoms with Crippen LogP contribution in [0.3, 0.4) is 0 Å². The quantitative estimate of drug-likeness (QED) is 0.257. The van der Waals surface area contributed by atoms with Crippen LogP contribution >= 0.6 is 0 Å². The van der Waals surface area contributed by atoms with E-state index < -0.39 is 6.10 Å². The minimum absolute atomic E-state index is 0.00645. The van der Waals surface area contributed by atoms with Crippen LogP contribution in [0.15, 0.2) is 67.0 Å². The first-order valence-electron chi connectivity index (χ1n) is 12.9. The Labute approximate surface area is 223 Å². The van der Waals surface area contributed by atoms with Gasteiger partial charge in [0, 0.05) is 42.1 Å². The number of Topliss-reactive ketones (excluding diaryl/α,β-unsaturated/α-hetero) is 1. The molecule has 0 amide bonds. The van der Waals surface area contributed by atoms with Gasteiger partial charge in [0.15, 0.2) is 5.78 Å². The molecule has 7 nitrogen and oxygen atoms in total. The minimum Gasteiger partial charge on any atom is -0.490 e. The average molecular weight is 512 g/mol. The third kappa shape index (κ3) is 6.28. The van der Waals surface area contributed by atoms with E-state index >= 15 is 0 Å². The Morgan fingerprint density at radius 2 is 1.89 bits per heavy atom. The molecule has 0 saturated heterocycles. The minimum atomic E-state index is -0.611. The summed E-state index contributed by atoms with van der Waals surface area (Å²) >= 11 is 0. The van der Waals surface area contributed by atoms with Crippen LogP contribution in [0.4, 0.5) is 0 Å². The first kappa shape index (κ1) is 27.1. The Morgan fingerprint density at radius 3 is 2.55 bits per heavy atom. The molecular weight excluding hydrogens is 478 g/mol. The summed E-state index contributed by atoms with van der Waals surface area (Å²) in [6.45, 7) is 5.49. The molecule has 2 aromatic carbocycles. The van der Waals surface area contributed by atoms with Gasteiger partial charge in [-0.2, -0.15) is 5.26 Å². The molecule has 4 aromatic rings. The van der Waals surface area contributed by atoms with E-state index in [-0.39, 0.29) is 30.8 Å². The Kier molecular flexibility index (Phi) is 8.57. The molecule has 0 bridgehead atoms. The normalized spacial score (nSPS) is 12.9. The summed E-state index contributed by atoms with van der Waals surface area (Å²) in [6, 6.07) is 18.9. The van der Waals surface area contributed by atoms with Gasteiger partial charge in [0.25, 0.3) is 0 Å². The van der Waals surface area contributed by atoms with Gasteiger partial charge in [-0.3, -0.25) is 4.79 Å². The number of aliphatic hydroxyl groups is 2. The van der Waals surface area contributed by atoms with E-state index in [4.69, 9.17) is 9.72 Å². The summed E-state index contributed by atoms with van der Waals surface area (Å²) in [5.41, 5.74) is 5.14. The summed E-state index contributed by atoms with van der Waals surface area (Å²) < 4.78 is 7.57. The summed E-state index contributed by atoms with van der Waals surface area (Å²) in [6.07, 6.45) is 4.58. The van der Waals surface area contributed by atoms with Gasteiger partial charge in [-0.25, -0.2) is 4.98 Å². The Bertz CT molecular complexity index is 1450. The number of aromatic nitrogens is 2. The lowest BCUT2D eigenvalue weighted by Crippen LogP contribution is -2.14. The monoisotopic (exact) mass is 511 g/mol. The number of ketones is 1. The van der Waals surface area contributed by atoms with Crippen molar-refractivity contribution in [1.29, 1.82) is 5.26 Å². The van der Waals surface area contributed by atoms with Crippen molar-refractivity contribution in [2.24, 2.45) is 5.92 Å². The second kappa shape index (κ2) is 12.0. The maximum atomic E-state index is 13.1. The molecular formula is C31H33N3O4. The number of hydrogen-bond acceptors (Lipinski definition) is 6. The van der Waals surface area contributed by atoms with Crippen molar-refractivity contribution in [2.45, 2.75) is 52.2 Å². The fraction of sp³-hybridized carbons (Fsp3) is 0.323. The van der Waals surface area contributed by atoms with Crippen molar-refractivity contribution in [3.05, 3.63) is 89.2 Å². The molecule has 0 spiro atoms. The second-order valence-electron chi connectivity index (χ2n) is 9.89. The predicted molar refractivity (Wildman–Crippen MR) is 146 cm³/mol. The van der Waals surface area contributed by atoms with E-state index in [0.717, 1.165) is 28.0 Å². The molecule has 0 saturated carbocycles. The highest BCUT2D eigenvalue weighted by molar-refractivity contribution is 5.96. The number of nitriles is 1. The number of carbonyl (C=O) groups excluding carboxylic acids is 1. The van der Waals surface area contributed by atoms with Crippen molar-refractivity contribution in [3.8, 4) is 23.1 Å². The van der Waals surface area contributed by atoms with E-state index in [1.54, 1.807) is 25.1 Å². The van der Waals surface area contributed by atoms with Gasteiger partial charge in [-0.05, 0) is 69.4 Å². The number of aliphatic hydroxyl groups excluding tert-OH is 2. The van der Waals surface area contributed by atoms with E-state index in [9.17, 15) is 20.3 Å². The molecule has 4 rings (SSSR count). The molecule has 7 heteroatoms. The number of nitrogens with zero attached hydrogens (tertiary/aromatic N) is 3. The zero-order chi connectivity index (χ0) is 27.2. The highest BCUT2D eigenvalue weighted by Crippen LogP contribution is 2.27. The summed E-state index contributed by atoms with van der Waals surface area (Å²) in [4.78, 5) is 17.8. The number of benzene rings is 2. The van der Waals surface area contributed by atoms with Crippen LogP contribution in [0.25, 0.3) is 16.9 Å². The highest BCUT2D eigenvalue weighted by atomic mass is 16.5. The lowest BCUT2D eigenvalue weighted by Gasteiger charge is -2.16. The molecule has 38 heavy (non-hydrogen) atoms. The smallest absolute Gasteiger partial charge is 0.163 e. The lowest BCUT2D eigenvalue weighted by molar-refractivity contribution is 0.0953. The van der Waals surface area contributed by atoms with Gasteiger partial charge in [-0.15, -0.1) is 0 Å². The molecule has 2 atom stereocenters. The van der Waals surface area contributed by atoms with Crippen LogP contribution in [0.2, 0.25) is 0 Å². The van der Waals surface area contributed by atoms with Gasteiger partial charge in [0.05, 0.1) is 23.5 Å². The number of ether oxygens (including phenoxy) is 1. The van der Waals surface area contributed by atoms with Gasteiger partial charge >= 0.3 is 0 Å². The first-order valence-corrected chi connectivity index (χ1v) is 12.9. The van der Waals surface area contributed by atoms with Crippen LogP contribution in [0.1, 0.15) is 66.8 Å². The van der Waals surface area contributed by atoms with E-state index in [2.05, 4.69) is 6.07 Å². The lowest BCUT2D eigenvalue weighted by atomic mass is 9.89. The summed E-state index contributed by atoms with van der Waals surface area (Å²) in [7, 11) is 0. The average Bonchev–Trinajstić information content (AvgIpc) is 3.33. The second-order valence-corrected chi connectivity index (χ2v) is 9.89. The Hall–Kier alpha value is -3.99. The van der Waals surface area contributed by atoms with Crippen LogP contribution in [-0.2, 0) is 6.42 Å². The molecule has 0 fully saturated rings. The van der Waals surface area contributed by atoms with Crippen molar-refractivity contribution in [3.63, 3.8) is 0 Å². The molecule has 1 unspecified atom stereocenters. The number of pyridine rings is 1. The van der Waals surface area contributed by atoms with Crippen LogP contribution in [0.5, 0.6) is 5.75 Å². The highest BCUT2D eigenvalue weighted by Gasteiger charge is 2.18. The number of rotatable bonds is 11. The van der Waals surface area contributed by atoms with Crippen LogP contribution in [-0.4, -0.2) is 38.1 Å². The SMILES string of the molecule is CC(C)Oc1ccc(C(=O)C[C@H](CCO)Cc2ccc(-c3cn4cccc(C(C)O)c4n3)cc2)cc1C#N. The fourth-order valence-corrected chi connectivity index (χ4v) is 4.63. The number of carbonyl (C=O) groups is 1. The van der Waals surface area contributed by atoms with Crippen molar-refractivity contribution in [1.82, 2.24) is 9.38 Å². The zero-order valence-electron chi connectivity index (χ0n) is 22.0. The summed E-state index contributed by atoms with van der Waals surface area (Å²) in [5.74, 6) is 0.365. The fourth-order valence-electron chi connectivity index (χ4n) is 4.63. The molecule has 0 aliphatic rings. The largest absolute Gasteiger partial charge is 0.490 e. The maximum Gasteiger partial charge on any atom is 0.163 e. The molecule has 2 heterocycles. The topological polar surface area (TPSA) is 108 Å². The Morgan fingerprint density at radius 1 is 1.13 bits per heavy atom. The van der Waals surface area contributed by atoms with Crippen LogP contribution < -0.4 is 4.74 Å². The molecule has 0 aliphatic carbocycles. The molecule has 196 valence electrons. The third-order valence-electron chi connectivity index (χ3n) is 6.53. The van der Waals surface area contributed by atoms with Crippen molar-refractivity contribution in [2.75, 3.05) is 6.61 Å². The van der Waals surface area contributed by atoms with Gasteiger partial charge in [0.1, 0.15) is 17.5 Å². The summed E-state index contributed by atoms with van der Waals surface area (Å²) in [5, 5.41) is 29.2. The Balaban J connectivity index is 1.47. The first-order chi connectivity index (χ1) is 18.3. The van der Waals surface area contributed by atoms with Gasteiger partial charge in [0.2, 0.25) is 0 Å². The van der Waals surface area contributed by atoms with E-state index in [0.29, 0.717) is 29.7 Å². The third-order valence-corrected chi connectivity index (χ3v) is 6.53. The molecule has 0 aliphatic heterocycles. The molecule has 0 radical (unpaired) electrons. The number of hydrogen-bond donors (Lipinski definition) is 2. The standard InChI is InChI=1S/C31H33N3O4/c1-20(2)38-30-11-10-25(17-26(30)18-32)29(37)16-23(12-14-35)15-22-6-8-24(9-7-22)28-19-34-13-4-5-27(21(3)36)31(34)33-28/h4-11,13,17,19-21,23,35-36H,12,14-16H2,1-3H3/t21?,23-/m1/s1.